The summed E-state index contributed by atoms with van der Waals surface area (Å²) >= 11 is 0. The molecule has 2 rings (SSSR count). The van der Waals surface area contributed by atoms with E-state index in [1.807, 2.05) is 0 Å². The summed E-state index contributed by atoms with van der Waals surface area (Å²) in [5.41, 5.74) is 5.95. The van der Waals surface area contributed by atoms with Gasteiger partial charge < -0.3 is 10.5 Å². The molecule has 0 aliphatic heterocycles. The van der Waals surface area contributed by atoms with Crippen molar-refractivity contribution in [2.75, 3.05) is 11.3 Å². The number of carbonyl (C=O) groups is 1. The second-order valence-corrected chi connectivity index (χ2v) is 6.21. The molecule has 0 radical (unpaired) electrons. The summed E-state index contributed by atoms with van der Waals surface area (Å²) in [5.74, 6) is -0.200. The molecule has 0 saturated carbocycles. The lowest BCUT2D eigenvalue weighted by atomic mass is 10.2. The molecule has 22 heavy (non-hydrogen) atoms. The Morgan fingerprint density at radius 2 is 2.14 bits per heavy atom. The number of hydrogen-bond donors (Lipinski definition) is 2. The molecule has 0 atom stereocenters. The number of carbonyl (C=O) groups excluding carboxylic acids is 1. The SMILES string of the molecule is Cc1cc(S(=O)(=O)Nc2cccnc2)ccc1OCC(N)=O. The van der Waals surface area contributed by atoms with Crippen LogP contribution in [-0.2, 0) is 14.8 Å². The lowest BCUT2D eigenvalue weighted by Crippen LogP contribution is -2.20. The van der Waals surface area contributed by atoms with Crippen molar-refractivity contribution in [3.8, 4) is 5.75 Å². The number of hydrogen-bond acceptors (Lipinski definition) is 5. The van der Waals surface area contributed by atoms with Crippen molar-refractivity contribution < 1.29 is 17.9 Å². The van der Waals surface area contributed by atoms with Crippen molar-refractivity contribution in [2.24, 2.45) is 5.73 Å². The maximum Gasteiger partial charge on any atom is 0.261 e. The van der Waals surface area contributed by atoms with Gasteiger partial charge in [0.05, 0.1) is 16.8 Å². The first kappa shape index (κ1) is 15.8. The summed E-state index contributed by atoms with van der Waals surface area (Å²) in [5, 5.41) is 0. The Labute approximate surface area is 128 Å². The minimum atomic E-state index is -3.72. The van der Waals surface area contributed by atoms with E-state index in [0.29, 0.717) is 17.0 Å². The number of primary amides is 1. The van der Waals surface area contributed by atoms with Crippen LogP contribution in [0.1, 0.15) is 5.56 Å². The van der Waals surface area contributed by atoms with Crippen LogP contribution in [0, 0.1) is 6.92 Å². The third-order valence-electron chi connectivity index (χ3n) is 2.74. The summed E-state index contributed by atoms with van der Waals surface area (Å²) in [6.45, 7) is 1.42. The Kier molecular flexibility index (Phi) is 4.62. The molecule has 0 aliphatic rings. The molecular formula is C14H15N3O4S. The third kappa shape index (κ3) is 3.95. The number of nitrogens with one attached hydrogen (secondary N) is 1. The zero-order chi connectivity index (χ0) is 16.2. The second-order valence-electron chi connectivity index (χ2n) is 4.53. The predicted octanol–water partition coefficient (Wildman–Crippen LogP) is 1.05. The molecule has 8 heteroatoms. The molecule has 2 aromatic rings. The minimum Gasteiger partial charge on any atom is -0.484 e. The third-order valence-corrected chi connectivity index (χ3v) is 4.12. The van der Waals surface area contributed by atoms with Crippen molar-refractivity contribution in [2.45, 2.75) is 11.8 Å². The molecule has 0 fully saturated rings. The number of ether oxygens (including phenoxy) is 1. The summed E-state index contributed by atoms with van der Waals surface area (Å²) in [4.78, 5) is 14.6. The van der Waals surface area contributed by atoms with Crippen molar-refractivity contribution >= 4 is 21.6 Å². The van der Waals surface area contributed by atoms with Crippen LogP contribution < -0.4 is 15.2 Å². The number of anilines is 1. The van der Waals surface area contributed by atoms with Crippen LogP contribution in [0.15, 0.2) is 47.6 Å². The summed E-state index contributed by atoms with van der Waals surface area (Å²) in [7, 11) is -3.72. The largest absolute Gasteiger partial charge is 0.484 e. The first-order chi connectivity index (χ1) is 10.4. The number of pyridine rings is 1. The number of amides is 1. The van der Waals surface area contributed by atoms with Crippen molar-refractivity contribution in [1.29, 1.82) is 0 Å². The van der Waals surface area contributed by atoms with Crippen molar-refractivity contribution in [3.05, 3.63) is 48.3 Å². The zero-order valence-corrected chi connectivity index (χ0v) is 12.6. The van der Waals surface area contributed by atoms with E-state index in [1.54, 1.807) is 25.3 Å². The van der Waals surface area contributed by atoms with Gasteiger partial charge >= 0.3 is 0 Å². The highest BCUT2D eigenvalue weighted by Gasteiger charge is 2.16. The lowest BCUT2D eigenvalue weighted by Gasteiger charge is -2.11. The van der Waals surface area contributed by atoms with Gasteiger partial charge in [0.15, 0.2) is 6.61 Å². The molecule has 0 bridgehead atoms. The summed E-state index contributed by atoms with van der Waals surface area (Å²) in [6, 6.07) is 7.55. The number of nitrogens with zero attached hydrogens (tertiary/aromatic N) is 1. The number of sulfonamides is 1. The first-order valence-electron chi connectivity index (χ1n) is 6.33. The van der Waals surface area contributed by atoms with Crippen LogP contribution in [-0.4, -0.2) is 25.9 Å². The van der Waals surface area contributed by atoms with Gasteiger partial charge in [0.25, 0.3) is 15.9 Å². The highest BCUT2D eigenvalue weighted by molar-refractivity contribution is 7.92. The molecule has 1 aromatic heterocycles. The molecule has 0 saturated heterocycles. The highest BCUT2D eigenvalue weighted by Crippen LogP contribution is 2.23. The minimum absolute atomic E-state index is 0.0836. The molecule has 1 amide bonds. The molecule has 3 N–H and O–H groups in total. The van der Waals surface area contributed by atoms with E-state index in [9.17, 15) is 13.2 Å². The van der Waals surface area contributed by atoms with E-state index in [2.05, 4.69) is 9.71 Å². The molecule has 0 unspecified atom stereocenters. The predicted molar refractivity (Wildman–Crippen MR) is 80.9 cm³/mol. The average Bonchev–Trinajstić information content (AvgIpc) is 2.46. The van der Waals surface area contributed by atoms with E-state index >= 15 is 0 Å². The molecule has 7 nitrogen and oxygen atoms in total. The van der Waals surface area contributed by atoms with Crippen LogP contribution in [0.4, 0.5) is 5.69 Å². The molecule has 0 spiro atoms. The number of nitrogens with two attached hydrogens (primary N) is 1. The molecule has 0 aliphatic carbocycles. The Hall–Kier alpha value is -2.61. The van der Waals surface area contributed by atoms with Crippen molar-refractivity contribution in [3.63, 3.8) is 0 Å². The molecular weight excluding hydrogens is 306 g/mol. The van der Waals surface area contributed by atoms with E-state index in [0.717, 1.165) is 0 Å². The fraction of sp³-hybridized carbons (Fsp3) is 0.143. The highest BCUT2D eigenvalue weighted by atomic mass is 32.2. The number of benzene rings is 1. The van der Waals surface area contributed by atoms with E-state index in [-0.39, 0.29) is 11.5 Å². The fourth-order valence-electron chi connectivity index (χ4n) is 1.74. The molecule has 1 aromatic carbocycles. The quantitative estimate of drug-likeness (QED) is 0.826. The topological polar surface area (TPSA) is 111 Å². The molecule has 116 valence electrons. The monoisotopic (exact) mass is 321 g/mol. The van der Waals surface area contributed by atoms with Gasteiger partial charge in [-0.3, -0.25) is 14.5 Å². The van der Waals surface area contributed by atoms with Crippen LogP contribution in [0.3, 0.4) is 0 Å². The van der Waals surface area contributed by atoms with Gasteiger partial charge in [-0.1, -0.05) is 0 Å². The van der Waals surface area contributed by atoms with E-state index < -0.39 is 15.9 Å². The smallest absolute Gasteiger partial charge is 0.261 e. The average molecular weight is 321 g/mol. The van der Waals surface area contributed by atoms with Crippen molar-refractivity contribution in [1.82, 2.24) is 4.98 Å². The van der Waals surface area contributed by atoms with E-state index in [4.69, 9.17) is 10.5 Å². The van der Waals surface area contributed by atoms with E-state index in [1.165, 1.54) is 24.4 Å². The van der Waals surface area contributed by atoms with Crippen LogP contribution in [0.2, 0.25) is 0 Å². The first-order valence-corrected chi connectivity index (χ1v) is 7.81. The van der Waals surface area contributed by atoms with Gasteiger partial charge in [0, 0.05) is 6.20 Å². The van der Waals surface area contributed by atoms with Crippen LogP contribution >= 0.6 is 0 Å². The Morgan fingerprint density at radius 3 is 2.73 bits per heavy atom. The normalized spacial score (nSPS) is 11.0. The maximum absolute atomic E-state index is 12.3. The zero-order valence-electron chi connectivity index (χ0n) is 11.8. The van der Waals surface area contributed by atoms with Crippen LogP contribution in [0.25, 0.3) is 0 Å². The fourth-order valence-corrected chi connectivity index (χ4v) is 2.87. The number of aromatic nitrogens is 1. The van der Waals surface area contributed by atoms with Gasteiger partial charge in [-0.2, -0.15) is 0 Å². The number of rotatable bonds is 6. The Bertz CT molecular complexity index is 776. The van der Waals surface area contributed by atoms with Crippen LogP contribution in [0.5, 0.6) is 5.75 Å². The summed E-state index contributed by atoms with van der Waals surface area (Å²) in [6.07, 6.45) is 2.96. The summed E-state index contributed by atoms with van der Waals surface area (Å²) < 4.78 is 32.2. The number of aryl methyl sites for hydroxylation is 1. The Morgan fingerprint density at radius 1 is 1.36 bits per heavy atom. The van der Waals surface area contributed by atoms with Gasteiger partial charge in [-0.15, -0.1) is 0 Å². The standard InChI is InChI=1S/C14H15N3O4S/c1-10-7-12(4-5-13(10)21-9-14(15)18)22(19,20)17-11-3-2-6-16-8-11/h2-8,17H,9H2,1H3,(H2,15,18). The van der Waals surface area contributed by atoms with Gasteiger partial charge in [0.2, 0.25) is 0 Å². The molecule has 1 heterocycles. The maximum atomic E-state index is 12.3. The van der Waals surface area contributed by atoms with Gasteiger partial charge in [0.1, 0.15) is 5.75 Å². The lowest BCUT2D eigenvalue weighted by molar-refractivity contribution is -0.119. The second kappa shape index (κ2) is 6.44. The van der Waals surface area contributed by atoms with Gasteiger partial charge in [-0.25, -0.2) is 8.42 Å². The Balaban J connectivity index is 2.21. The van der Waals surface area contributed by atoms with Gasteiger partial charge in [-0.05, 0) is 42.8 Å².